The van der Waals surface area contributed by atoms with E-state index in [0.29, 0.717) is 0 Å². The van der Waals surface area contributed by atoms with E-state index in [0.717, 1.165) is 6.92 Å². The molecular weight excluding hydrogens is 235 g/mol. The minimum atomic E-state index is -4.59. The maximum absolute atomic E-state index is 12.3. The summed E-state index contributed by atoms with van der Waals surface area (Å²) in [7, 11) is 0. The van der Waals surface area contributed by atoms with E-state index >= 15 is 0 Å². The van der Waals surface area contributed by atoms with Crippen LogP contribution in [0.1, 0.15) is 14.0 Å². The Morgan fingerprint density at radius 1 is 1.50 bits per heavy atom. The molecule has 0 bridgehead atoms. The van der Waals surface area contributed by atoms with E-state index in [9.17, 15) is 13.2 Å². The molecule has 5 heteroatoms. The van der Waals surface area contributed by atoms with E-state index in [4.69, 9.17) is 2.74 Å². The summed E-state index contributed by atoms with van der Waals surface area (Å²) in [6.45, 7) is 1.13. The van der Waals surface area contributed by atoms with Crippen molar-refractivity contribution in [2.75, 3.05) is 0 Å². The van der Waals surface area contributed by atoms with Gasteiger partial charge in [0.1, 0.15) is 10.3 Å². The predicted molar refractivity (Wildman–Crippen MR) is 41.7 cm³/mol. The number of hydrogen-bond acceptors (Lipinski definition) is 1. The summed E-state index contributed by atoms with van der Waals surface area (Å²) in [6.07, 6.45) is -4.59. The van der Waals surface area contributed by atoms with Crippen LogP contribution in [-0.4, -0.2) is 4.98 Å². The van der Waals surface area contributed by atoms with E-state index in [2.05, 4.69) is 20.9 Å². The molecule has 1 aromatic heterocycles. The highest BCUT2D eigenvalue weighted by atomic mass is 79.9. The molecule has 0 saturated carbocycles. The van der Waals surface area contributed by atoms with E-state index in [1.165, 1.54) is 0 Å². The lowest BCUT2D eigenvalue weighted by atomic mass is 10.2. The number of nitrogens with zero attached hydrogens (tertiary/aromatic N) is 1. The van der Waals surface area contributed by atoms with Gasteiger partial charge in [-0.25, -0.2) is 4.98 Å². The summed E-state index contributed by atoms with van der Waals surface area (Å²) in [6, 6.07) is -0.797. The van der Waals surface area contributed by atoms with Crippen molar-refractivity contribution in [1.29, 1.82) is 0 Å². The van der Waals surface area contributed by atoms with E-state index in [1.807, 2.05) is 0 Å². The van der Waals surface area contributed by atoms with Crippen LogP contribution in [0.25, 0.3) is 0 Å². The Bertz CT molecular complexity index is 378. The topological polar surface area (TPSA) is 12.9 Å². The summed E-state index contributed by atoms with van der Waals surface area (Å²) in [4.78, 5) is 3.19. The van der Waals surface area contributed by atoms with Gasteiger partial charge in [0.05, 0.1) is 2.74 Å². The van der Waals surface area contributed by atoms with E-state index in [-0.39, 0.29) is 16.2 Å². The molecule has 0 aliphatic carbocycles. The fraction of sp³-hybridized carbons (Fsp3) is 0.286. The Hall–Kier alpha value is -0.580. The molecule has 12 heavy (non-hydrogen) atoms. The number of halogens is 4. The van der Waals surface area contributed by atoms with Gasteiger partial charge < -0.3 is 0 Å². The van der Waals surface area contributed by atoms with Crippen LogP contribution in [0.15, 0.2) is 16.7 Å². The molecule has 0 unspecified atom stereocenters. The van der Waals surface area contributed by atoms with Crippen LogP contribution in [0.2, 0.25) is 0 Å². The van der Waals surface area contributed by atoms with Gasteiger partial charge in [0, 0.05) is 0 Å². The minimum absolute atomic E-state index is 0.263. The van der Waals surface area contributed by atoms with Gasteiger partial charge in [-0.05, 0) is 34.5 Å². The first-order valence-electron chi connectivity index (χ1n) is 3.95. The second kappa shape index (κ2) is 3.05. The molecule has 1 nitrogen and oxygen atoms in total. The van der Waals surface area contributed by atoms with Crippen molar-refractivity contribution in [1.82, 2.24) is 4.98 Å². The lowest BCUT2D eigenvalue weighted by molar-refractivity contribution is -0.141. The van der Waals surface area contributed by atoms with Crippen molar-refractivity contribution in [3.05, 3.63) is 27.9 Å². The normalized spacial score (nSPS) is 14.1. The number of alkyl halides is 3. The Kier molecular flexibility index (Phi) is 1.75. The van der Waals surface area contributed by atoms with Crippen LogP contribution in [0.4, 0.5) is 13.2 Å². The van der Waals surface area contributed by atoms with Crippen LogP contribution in [-0.2, 0) is 6.18 Å². The van der Waals surface area contributed by atoms with Crippen LogP contribution in [0.5, 0.6) is 0 Å². The Labute approximate surface area is 78.6 Å². The van der Waals surface area contributed by atoms with Gasteiger partial charge in [-0.15, -0.1) is 0 Å². The van der Waals surface area contributed by atoms with Gasteiger partial charge in [0.2, 0.25) is 0 Å². The van der Waals surface area contributed by atoms with Crippen LogP contribution < -0.4 is 0 Å². The molecule has 0 saturated heterocycles. The van der Waals surface area contributed by atoms with Crippen molar-refractivity contribution in [2.45, 2.75) is 13.1 Å². The second-order valence-electron chi connectivity index (χ2n) is 2.12. The first-order chi connectivity index (χ1) is 6.25. The van der Waals surface area contributed by atoms with Crippen LogP contribution >= 0.6 is 15.9 Å². The van der Waals surface area contributed by atoms with Crippen LogP contribution in [0.3, 0.4) is 0 Å². The molecule has 0 atom stereocenters. The smallest absolute Gasteiger partial charge is 0.236 e. The van der Waals surface area contributed by atoms with Gasteiger partial charge in [0.15, 0.2) is 0 Å². The predicted octanol–water partition coefficient (Wildman–Crippen LogP) is 3.17. The zero-order chi connectivity index (χ0) is 11.1. The summed E-state index contributed by atoms with van der Waals surface area (Å²) in [5.41, 5.74) is -1.45. The second-order valence-corrected chi connectivity index (χ2v) is 2.88. The van der Waals surface area contributed by atoms with Crippen molar-refractivity contribution in [3.8, 4) is 0 Å². The van der Waals surface area contributed by atoms with Crippen molar-refractivity contribution in [3.63, 3.8) is 0 Å². The maximum atomic E-state index is 12.3. The van der Waals surface area contributed by atoms with Crippen molar-refractivity contribution >= 4 is 15.9 Å². The molecule has 1 heterocycles. The zero-order valence-corrected chi connectivity index (χ0v) is 7.55. The molecule has 0 aliphatic rings. The van der Waals surface area contributed by atoms with Gasteiger partial charge in [-0.3, -0.25) is 0 Å². The summed E-state index contributed by atoms with van der Waals surface area (Å²) < 4.78 is 51.1. The zero-order valence-electron chi connectivity index (χ0n) is 7.96. The first-order valence-corrected chi connectivity index (χ1v) is 3.75. The summed E-state index contributed by atoms with van der Waals surface area (Å²) in [5.74, 6) is 0. The minimum Gasteiger partial charge on any atom is -0.236 e. The van der Waals surface area contributed by atoms with Gasteiger partial charge in [0.25, 0.3) is 0 Å². The SMILES string of the molecule is [2H]c1c(Br)nc(C(F)(F)F)c(C)c1[2H]. The third-order valence-corrected chi connectivity index (χ3v) is 1.56. The number of rotatable bonds is 0. The highest BCUT2D eigenvalue weighted by Crippen LogP contribution is 2.30. The molecule has 0 spiro atoms. The fourth-order valence-electron chi connectivity index (χ4n) is 0.690. The fourth-order valence-corrected chi connectivity index (χ4v) is 0.967. The average Bonchev–Trinajstić information content (AvgIpc) is 2.06. The lowest BCUT2D eigenvalue weighted by Gasteiger charge is -2.08. The average molecular weight is 242 g/mol. The number of pyridine rings is 1. The standard InChI is InChI=1S/C7H5BrF3N/c1-4-2-3-5(8)12-6(4)7(9,10)11/h2-3H,1H3/i2D,3D. The quantitative estimate of drug-likeness (QED) is 0.636. The molecule has 0 N–H and O–H groups in total. The molecule has 0 aliphatic heterocycles. The van der Waals surface area contributed by atoms with E-state index < -0.39 is 17.9 Å². The molecule has 0 fully saturated rings. The number of aromatic nitrogens is 1. The lowest BCUT2D eigenvalue weighted by Crippen LogP contribution is -2.10. The summed E-state index contributed by atoms with van der Waals surface area (Å²) >= 11 is 2.70. The van der Waals surface area contributed by atoms with Gasteiger partial charge in [-0.1, -0.05) is 6.04 Å². The van der Waals surface area contributed by atoms with Crippen LogP contribution in [0, 0.1) is 6.92 Å². The van der Waals surface area contributed by atoms with Gasteiger partial charge >= 0.3 is 6.18 Å². The molecule has 0 aromatic carbocycles. The highest BCUT2D eigenvalue weighted by molar-refractivity contribution is 9.10. The van der Waals surface area contributed by atoms with Gasteiger partial charge in [-0.2, -0.15) is 13.2 Å². The largest absolute Gasteiger partial charge is 0.433 e. The molecule has 1 aromatic rings. The third-order valence-electron chi connectivity index (χ3n) is 1.19. The highest BCUT2D eigenvalue weighted by Gasteiger charge is 2.34. The Balaban J connectivity index is 3.49. The molecule has 0 amide bonds. The number of hydrogen-bond donors (Lipinski definition) is 0. The Morgan fingerprint density at radius 2 is 2.08 bits per heavy atom. The first kappa shape index (κ1) is 6.88. The maximum Gasteiger partial charge on any atom is 0.433 e. The van der Waals surface area contributed by atoms with Crippen molar-refractivity contribution < 1.29 is 15.9 Å². The summed E-state index contributed by atoms with van der Waals surface area (Å²) in [5, 5.41) is 0. The third kappa shape index (κ3) is 1.97. The molecular formula is C7H5BrF3N. The van der Waals surface area contributed by atoms with E-state index in [1.54, 1.807) is 0 Å². The molecule has 0 radical (unpaired) electrons. The molecule has 1 rings (SSSR count). The monoisotopic (exact) mass is 241 g/mol. The van der Waals surface area contributed by atoms with Crippen molar-refractivity contribution in [2.24, 2.45) is 0 Å². The Morgan fingerprint density at radius 3 is 2.58 bits per heavy atom. The molecule has 66 valence electrons.